The van der Waals surface area contributed by atoms with Gasteiger partial charge in [0, 0.05) is 23.2 Å². The molecule has 2 aromatic carbocycles. The number of carbonyl (C=O) groups excluding carboxylic acids is 1. The van der Waals surface area contributed by atoms with Gasteiger partial charge in [-0.3, -0.25) is 0 Å². The lowest BCUT2D eigenvalue weighted by Crippen LogP contribution is -2.38. The fourth-order valence-electron chi connectivity index (χ4n) is 3.76. The molecule has 7 heteroatoms. The predicted molar refractivity (Wildman–Crippen MR) is 114 cm³/mol. The minimum absolute atomic E-state index is 0.186. The lowest BCUT2D eigenvalue weighted by Gasteiger charge is -2.15. The Morgan fingerprint density at radius 1 is 1.23 bits per heavy atom. The maximum atomic E-state index is 11.4. The molecule has 1 unspecified atom stereocenters. The highest BCUT2D eigenvalue weighted by atomic mass is 16.5. The van der Waals surface area contributed by atoms with Crippen molar-refractivity contribution in [3.05, 3.63) is 84.0 Å². The Bertz CT molecular complexity index is 1080. The second kappa shape index (κ2) is 9.57. The smallest absolute Gasteiger partial charge is 0.330 e. The van der Waals surface area contributed by atoms with Gasteiger partial charge in [0.1, 0.15) is 18.0 Å². The minimum Gasteiger partial charge on any atom is -0.489 e. The van der Waals surface area contributed by atoms with E-state index in [1.54, 1.807) is 13.0 Å². The number of rotatable bonds is 8. The average Bonchev–Trinajstić information content (AvgIpc) is 3.39. The van der Waals surface area contributed by atoms with Crippen molar-refractivity contribution in [2.24, 2.45) is 0 Å². The molecule has 0 aliphatic carbocycles. The number of hydrogen-bond donors (Lipinski definition) is 1. The maximum absolute atomic E-state index is 11.4. The number of esters is 1. The summed E-state index contributed by atoms with van der Waals surface area (Å²) in [7, 11) is 0. The van der Waals surface area contributed by atoms with Gasteiger partial charge in [-0.1, -0.05) is 41.1 Å². The van der Waals surface area contributed by atoms with Gasteiger partial charge in [0.2, 0.25) is 0 Å². The van der Waals surface area contributed by atoms with Gasteiger partial charge in [-0.05, 0) is 37.6 Å². The third kappa shape index (κ3) is 4.51. The minimum atomic E-state index is -0.926. The van der Waals surface area contributed by atoms with E-state index in [0.717, 1.165) is 30.9 Å². The van der Waals surface area contributed by atoms with E-state index in [1.807, 2.05) is 59.3 Å². The van der Waals surface area contributed by atoms with Crippen molar-refractivity contribution in [3.63, 3.8) is 0 Å². The molecule has 0 bridgehead atoms. The van der Waals surface area contributed by atoms with Crippen LogP contribution in [0.1, 0.15) is 36.7 Å². The molecule has 31 heavy (non-hydrogen) atoms. The van der Waals surface area contributed by atoms with Gasteiger partial charge in [0.15, 0.2) is 6.10 Å². The standard InChI is InChI=1S/C24H26N3O4/c1-2-30-22(28)15-9-17-31-20-13-7-6-12-19(20)23(29)24-26-16-8-14-21(26)25-27(24)18-10-4-3-5-11-18/h3-7,9-13,15,23,29H,2,8,14,16-17H2,1H3/q+1/b15-9+. The van der Waals surface area contributed by atoms with Gasteiger partial charge in [-0.25, -0.2) is 9.36 Å². The number of aromatic nitrogens is 3. The number of aryl methyl sites for hydroxylation is 1. The number of benzene rings is 2. The monoisotopic (exact) mass is 420 g/mol. The molecule has 7 nitrogen and oxygen atoms in total. The largest absolute Gasteiger partial charge is 0.489 e. The second-order valence-corrected chi connectivity index (χ2v) is 7.18. The molecule has 1 aliphatic heterocycles. The van der Waals surface area contributed by atoms with Gasteiger partial charge in [0.25, 0.3) is 11.6 Å². The van der Waals surface area contributed by atoms with E-state index in [9.17, 15) is 9.90 Å². The number of aliphatic hydroxyl groups is 1. The van der Waals surface area contributed by atoms with Crippen LogP contribution < -0.4 is 9.30 Å². The van der Waals surface area contributed by atoms with E-state index in [1.165, 1.54) is 6.08 Å². The van der Waals surface area contributed by atoms with Crippen molar-refractivity contribution in [2.75, 3.05) is 13.2 Å². The van der Waals surface area contributed by atoms with E-state index < -0.39 is 12.1 Å². The fraction of sp³-hybridized carbons (Fsp3) is 0.292. The lowest BCUT2D eigenvalue weighted by molar-refractivity contribution is -0.701. The summed E-state index contributed by atoms with van der Waals surface area (Å²) in [5, 5.41) is 16.2. The van der Waals surface area contributed by atoms with E-state index in [4.69, 9.17) is 14.6 Å². The molecular weight excluding hydrogens is 394 g/mol. The molecule has 1 aromatic heterocycles. The van der Waals surface area contributed by atoms with Gasteiger partial charge in [-0.15, -0.1) is 0 Å². The first-order valence-corrected chi connectivity index (χ1v) is 10.5. The molecule has 3 aromatic rings. The van der Waals surface area contributed by atoms with Crippen molar-refractivity contribution in [2.45, 2.75) is 32.4 Å². The van der Waals surface area contributed by atoms with E-state index in [-0.39, 0.29) is 6.61 Å². The molecule has 0 amide bonds. The average molecular weight is 420 g/mol. The number of nitrogens with zero attached hydrogens (tertiary/aromatic N) is 3. The van der Waals surface area contributed by atoms with Crippen LogP contribution in [0.25, 0.3) is 5.69 Å². The van der Waals surface area contributed by atoms with Gasteiger partial charge < -0.3 is 14.6 Å². The van der Waals surface area contributed by atoms with Gasteiger partial charge >= 0.3 is 5.97 Å². The molecule has 160 valence electrons. The quantitative estimate of drug-likeness (QED) is 0.344. The summed E-state index contributed by atoms with van der Waals surface area (Å²) in [6, 6.07) is 17.2. The number of aliphatic hydroxyl groups excluding tert-OH is 1. The highest BCUT2D eigenvalue weighted by Crippen LogP contribution is 2.30. The number of ether oxygens (including phenoxy) is 2. The Kier molecular flexibility index (Phi) is 6.43. The van der Waals surface area contributed by atoms with E-state index in [2.05, 4.69) is 4.57 Å². The molecule has 4 rings (SSSR count). The lowest BCUT2D eigenvalue weighted by atomic mass is 10.1. The Labute approximate surface area is 181 Å². The highest BCUT2D eigenvalue weighted by molar-refractivity contribution is 5.81. The van der Waals surface area contributed by atoms with Crippen LogP contribution in [0.15, 0.2) is 66.7 Å². The normalized spacial score (nSPS) is 13.9. The Hall–Kier alpha value is -3.45. The van der Waals surface area contributed by atoms with Gasteiger partial charge in [-0.2, -0.15) is 0 Å². The summed E-state index contributed by atoms with van der Waals surface area (Å²) >= 11 is 0. The zero-order valence-corrected chi connectivity index (χ0v) is 17.5. The predicted octanol–water partition coefficient (Wildman–Crippen LogP) is 2.69. The molecule has 0 radical (unpaired) electrons. The van der Waals surface area contributed by atoms with Crippen molar-refractivity contribution in [1.29, 1.82) is 0 Å². The third-order valence-electron chi connectivity index (χ3n) is 5.14. The highest BCUT2D eigenvalue weighted by Gasteiger charge is 2.36. The maximum Gasteiger partial charge on any atom is 0.330 e. The summed E-state index contributed by atoms with van der Waals surface area (Å²) in [4.78, 5) is 11.4. The first-order valence-electron chi connectivity index (χ1n) is 10.5. The van der Waals surface area contributed by atoms with Crippen molar-refractivity contribution < 1.29 is 23.9 Å². The van der Waals surface area contributed by atoms with Crippen LogP contribution in [0.2, 0.25) is 0 Å². The fourth-order valence-corrected chi connectivity index (χ4v) is 3.76. The summed E-state index contributed by atoms with van der Waals surface area (Å²) < 4.78 is 14.6. The Balaban J connectivity index is 1.63. The van der Waals surface area contributed by atoms with Crippen LogP contribution in [-0.2, 0) is 22.5 Å². The number of para-hydroxylation sites is 2. The first-order chi connectivity index (χ1) is 15.2. The van der Waals surface area contributed by atoms with E-state index in [0.29, 0.717) is 23.7 Å². The van der Waals surface area contributed by atoms with Crippen LogP contribution in [-0.4, -0.2) is 34.1 Å². The molecule has 0 spiro atoms. The van der Waals surface area contributed by atoms with Crippen LogP contribution in [0.5, 0.6) is 5.75 Å². The van der Waals surface area contributed by atoms with Crippen LogP contribution >= 0.6 is 0 Å². The Morgan fingerprint density at radius 3 is 2.81 bits per heavy atom. The topological polar surface area (TPSA) is 77.5 Å². The molecule has 2 heterocycles. The molecular formula is C24H26N3O4+. The number of hydrogen-bond acceptors (Lipinski definition) is 5. The summed E-state index contributed by atoms with van der Waals surface area (Å²) in [5.41, 5.74) is 1.54. The van der Waals surface area contributed by atoms with Crippen molar-refractivity contribution >= 4 is 5.97 Å². The number of carbonyl (C=O) groups is 1. The molecule has 1 aliphatic rings. The summed E-state index contributed by atoms with van der Waals surface area (Å²) in [5.74, 6) is 1.82. The molecule has 1 atom stereocenters. The molecule has 0 fully saturated rings. The zero-order valence-electron chi connectivity index (χ0n) is 17.5. The SMILES string of the molecule is CCOC(=O)/C=C/COc1ccccc1C(O)c1n(-c2ccccc2)nc2[n+]1CCC2. The first kappa shape index (κ1) is 20.8. The van der Waals surface area contributed by atoms with Crippen LogP contribution in [0.4, 0.5) is 0 Å². The van der Waals surface area contributed by atoms with Gasteiger partial charge in [0.05, 0.1) is 13.2 Å². The summed E-state index contributed by atoms with van der Waals surface area (Å²) in [6.45, 7) is 3.09. The molecule has 0 saturated carbocycles. The van der Waals surface area contributed by atoms with Crippen molar-refractivity contribution in [1.82, 2.24) is 9.78 Å². The van der Waals surface area contributed by atoms with Crippen molar-refractivity contribution in [3.8, 4) is 11.4 Å². The summed E-state index contributed by atoms with van der Waals surface area (Å²) in [6.07, 6.45) is 3.91. The van der Waals surface area contributed by atoms with E-state index >= 15 is 0 Å². The number of fused-ring (bicyclic) bond motifs is 1. The Morgan fingerprint density at radius 2 is 2.00 bits per heavy atom. The second-order valence-electron chi connectivity index (χ2n) is 7.18. The molecule has 1 N–H and O–H groups in total. The zero-order chi connectivity index (χ0) is 21.6. The van der Waals surface area contributed by atoms with Crippen LogP contribution in [0, 0.1) is 0 Å². The molecule has 0 saturated heterocycles. The third-order valence-corrected chi connectivity index (χ3v) is 5.14. The van der Waals surface area contributed by atoms with Crippen LogP contribution in [0.3, 0.4) is 0 Å².